The number of pyridine rings is 1. The molecular weight excluding hydrogens is 268 g/mol. The molecule has 5 heteroatoms. The van der Waals surface area contributed by atoms with Crippen LogP contribution in [0.5, 0.6) is 0 Å². The molecule has 0 aromatic carbocycles. The molecule has 0 fully saturated rings. The quantitative estimate of drug-likeness (QED) is 0.720. The third-order valence-electron chi connectivity index (χ3n) is 3.19. The van der Waals surface area contributed by atoms with E-state index in [1.54, 1.807) is 18.2 Å². The number of hydrogen-bond acceptors (Lipinski definition) is 3. The van der Waals surface area contributed by atoms with Crippen molar-refractivity contribution < 1.29 is 14.7 Å². The molecule has 0 spiro atoms. The smallest absolute Gasteiger partial charge is 0.328 e. The summed E-state index contributed by atoms with van der Waals surface area (Å²) in [5.74, 6) is -0.623. The molecule has 0 bridgehead atoms. The van der Waals surface area contributed by atoms with Gasteiger partial charge in [-0.25, -0.2) is 9.78 Å². The van der Waals surface area contributed by atoms with E-state index in [9.17, 15) is 9.59 Å². The van der Waals surface area contributed by atoms with Gasteiger partial charge in [-0.15, -0.1) is 0 Å². The summed E-state index contributed by atoms with van der Waals surface area (Å²) in [6, 6.07) is 5.11. The van der Waals surface area contributed by atoms with Crippen LogP contribution < -0.4 is 5.32 Å². The van der Waals surface area contributed by atoms with Crippen LogP contribution in [0.2, 0.25) is 0 Å². The third-order valence-corrected chi connectivity index (χ3v) is 3.19. The fourth-order valence-corrected chi connectivity index (χ4v) is 1.97. The molecular formula is C16H22N2O3. The van der Waals surface area contributed by atoms with Crippen molar-refractivity contribution in [2.75, 3.05) is 5.32 Å². The number of amides is 1. The number of nitrogens with zero attached hydrogens (tertiary/aromatic N) is 1. The zero-order valence-electron chi connectivity index (χ0n) is 12.5. The maximum Gasteiger partial charge on any atom is 0.328 e. The van der Waals surface area contributed by atoms with Crippen LogP contribution in [-0.4, -0.2) is 22.0 Å². The average Bonchev–Trinajstić information content (AvgIpc) is 2.46. The van der Waals surface area contributed by atoms with Gasteiger partial charge in [-0.2, -0.15) is 0 Å². The average molecular weight is 290 g/mol. The molecule has 114 valence electrons. The molecule has 1 heterocycles. The third kappa shape index (κ3) is 6.21. The van der Waals surface area contributed by atoms with Crippen LogP contribution in [0.15, 0.2) is 24.3 Å². The fourth-order valence-electron chi connectivity index (χ4n) is 1.97. The van der Waals surface area contributed by atoms with Gasteiger partial charge < -0.3 is 10.4 Å². The fraction of sp³-hybridized carbons (Fsp3) is 0.438. The molecule has 0 saturated heterocycles. The summed E-state index contributed by atoms with van der Waals surface area (Å²) in [5.41, 5.74) is 0.497. The molecule has 0 aliphatic rings. The van der Waals surface area contributed by atoms with Gasteiger partial charge in [0.25, 0.3) is 0 Å². The van der Waals surface area contributed by atoms with E-state index in [4.69, 9.17) is 5.11 Å². The Morgan fingerprint density at radius 1 is 1.38 bits per heavy atom. The predicted octanol–water partition coefficient (Wildman–Crippen LogP) is 3.33. The number of carboxylic acid groups (broad SMARTS) is 1. The van der Waals surface area contributed by atoms with Crippen LogP contribution in [0, 0.1) is 5.92 Å². The first-order valence-corrected chi connectivity index (χ1v) is 7.25. The van der Waals surface area contributed by atoms with E-state index in [2.05, 4.69) is 17.2 Å². The number of rotatable bonds is 8. The van der Waals surface area contributed by atoms with Gasteiger partial charge in [-0.1, -0.05) is 32.8 Å². The van der Waals surface area contributed by atoms with Crippen molar-refractivity contribution in [1.29, 1.82) is 0 Å². The predicted molar refractivity (Wildman–Crippen MR) is 82.8 cm³/mol. The number of nitrogens with one attached hydrogen (secondary N) is 1. The lowest BCUT2D eigenvalue weighted by atomic mass is 9.98. The molecule has 0 aliphatic carbocycles. The summed E-state index contributed by atoms with van der Waals surface area (Å²) in [6.45, 7) is 4.10. The van der Waals surface area contributed by atoms with Gasteiger partial charge in [0.2, 0.25) is 5.91 Å². The van der Waals surface area contributed by atoms with Gasteiger partial charge >= 0.3 is 5.97 Å². The molecule has 5 nitrogen and oxygen atoms in total. The Kier molecular flexibility index (Phi) is 7.15. The lowest BCUT2D eigenvalue weighted by molar-refractivity contribution is -0.131. The lowest BCUT2D eigenvalue weighted by Crippen LogP contribution is -2.22. The largest absolute Gasteiger partial charge is 0.478 e. The molecule has 1 rings (SSSR count). The molecule has 0 saturated carbocycles. The topological polar surface area (TPSA) is 79.3 Å². The minimum Gasteiger partial charge on any atom is -0.478 e. The van der Waals surface area contributed by atoms with Crippen molar-refractivity contribution in [3.05, 3.63) is 30.0 Å². The second-order valence-electron chi connectivity index (χ2n) is 4.86. The van der Waals surface area contributed by atoms with Crippen molar-refractivity contribution in [3.8, 4) is 0 Å². The van der Waals surface area contributed by atoms with Crippen molar-refractivity contribution >= 4 is 23.8 Å². The van der Waals surface area contributed by atoms with E-state index >= 15 is 0 Å². The Morgan fingerprint density at radius 3 is 2.76 bits per heavy atom. The first kappa shape index (κ1) is 16.9. The van der Waals surface area contributed by atoms with E-state index in [-0.39, 0.29) is 11.8 Å². The molecule has 0 radical (unpaired) electrons. The number of carbonyl (C=O) groups excluding carboxylic acids is 1. The summed E-state index contributed by atoms with van der Waals surface area (Å²) in [6.07, 6.45) is 6.18. The van der Waals surface area contributed by atoms with Gasteiger partial charge in [0.05, 0.1) is 5.69 Å². The van der Waals surface area contributed by atoms with Crippen molar-refractivity contribution in [3.63, 3.8) is 0 Å². The molecule has 21 heavy (non-hydrogen) atoms. The van der Waals surface area contributed by atoms with E-state index in [1.807, 2.05) is 6.92 Å². The van der Waals surface area contributed by atoms with Crippen LogP contribution in [0.4, 0.5) is 5.82 Å². The summed E-state index contributed by atoms with van der Waals surface area (Å²) in [4.78, 5) is 26.8. The Bertz CT molecular complexity index is 512. The maximum atomic E-state index is 12.2. The van der Waals surface area contributed by atoms with Gasteiger partial charge in [0.1, 0.15) is 5.82 Å². The molecule has 0 aliphatic heterocycles. The summed E-state index contributed by atoms with van der Waals surface area (Å²) >= 11 is 0. The highest BCUT2D eigenvalue weighted by Crippen LogP contribution is 2.15. The Balaban J connectivity index is 2.71. The van der Waals surface area contributed by atoms with Crippen molar-refractivity contribution in [2.45, 2.75) is 39.5 Å². The molecule has 1 aromatic rings. The standard InChI is InChI=1S/C16H22N2O3/c1-3-5-7-12(4-2)16(21)18-14-9-6-8-13(17-14)10-11-15(19)20/h6,8-12H,3-5,7H2,1-2H3,(H,19,20)(H,17,18,21). The highest BCUT2D eigenvalue weighted by atomic mass is 16.4. The first-order valence-electron chi connectivity index (χ1n) is 7.25. The number of carbonyl (C=O) groups is 2. The van der Waals surface area contributed by atoms with Crippen LogP contribution in [-0.2, 0) is 9.59 Å². The van der Waals surface area contributed by atoms with E-state index in [0.717, 1.165) is 31.8 Å². The van der Waals surface area contributed by atoms with Crippen LogP contribution in [0.1, 0.15) is 45.2 Å². The second kappa shape index (κ2) is 8.89. The van der Waals surface area contributed by atoms with Gasteiger partial charge in [0, 0.05) is 12.0 Å². The highest BCUT2D eigenvalue weighted by molar-refractivity contribution is 5.91. The minimum atomic E-state index is -1.03. The van der Waals surface area contributed by atoms with Gasteiger partial charge in [-0.3, -0.25) is 4.79 Å². The first-order chi connectivity index (χ1) is 10.1. The number of hydrogen-bond donors (Lipinski definition) is 2. The van der Waals surface area contributed by atoms with E-state index < -0.39 is 5.97 Å². The minimum absolute atomic E-state index is 0.00929. The highest BCUT2D eigenvalue weighted by Gasteiger charge is 2.16. The zero-order valence-corrected chi connectivity index (χ0v) is 12.5. The molecule has 1 atom stereocenters. The SMILES string of the molecule is CCCCC(CC)C(=O)Nc1cccc(C=CC(=O)O)n1. The maximum absolute atomic E-state index is 12.2. The van der Waals surface area contributed by atoms with Crippen molar-refractivity contribution in [1.82, 2.24) is 4.98 Å². The second-order valence-corrected chi connectivity index (χ2v) is 4.86. The summed E-state index contributed by atoms with van der Waals surface area (Å²) in [5, 5.41) is 11.4. The van der Waals surface area contributed by atoms with Crippen LogP contribution in [0.25, 0.3) is 6.08 Å². The van der Waals surface area contributed by atoms with Gasteiger partial charge in [-0.05, 0) is 31.1 Å². The van der Waals surface area contributed by atoms with Gasteiger partial charge in [0.15, 0.2) is 0 Å². The molecule has 2 N–H and O–H groups in total. The number of anilines is 1. The van der Waals surface area contributed by atoms with Crippen LogP contribution in [0.3, 0.4) is 0 Å². The normalized spacial score (nSPS) is 12.3. The summed E-state index contributed by atoms with van der Waals surface area (Å²) in [7, 11) is 0. The lowest BCUT2D eigenvalue weighted by Gasteiger charge is -2.14. The summed E-state index contributed by atoms with van der Waals surface area (Å²) < 4.78 is 0. The monoisotopic (exact) mass is 290 g/mol. The number of unbranched alkanes of at least 4 members (excludes halogenated alkanes) is 1. The Labute approximate surface area is 125 Å². The Morgan fingerprint density at radius 2 is 2.14 bits per heavy atom. The van der Waals surface area contributed by atoms with Crippen molar-refractivity contribution in [2.24, 2.45) is 5.92 Å². The molecule has 1 unspecified atom stereocenters. The van der Waals surface area contributed by atoms with E-state index in [0.29, 0.717) is 11.5 Å². The number of aromatic nitrogens is 1. The molecule has 1 amide bonds. The number of aliphatic carboxylic acids is 1. The van der Waals surface area contributed by atoms with E-state index in [1.165, 1.54) is 6.08 Å². The van der Waals surface area contributed by atoms with Crippen LogP contribution >= 0.6 is 0 Å². The number of carboxylic acids is 1. The molecule has 1 aromatic heterocycles. The Hall–Kier alpha value is -2.17. The zero-order chi connectivity index (χ0) is 15.7.